The lowest BCUT2D eigenvalue weighted by molar-refractivity contribution is 0.0740. The zero-order valence-corrected chi connectivity index (χ0v) is 17.8. The number of anilines is 1. The molecule has 5 heterocycles. The van der Waals surface area contributed by atoms with E-state index < -0.39 is 0 Å². The molecule has 0 aliphatic carbocycles. The predicted octanol–water partition coefficient (Wildman–Crippen LogP) is 1.22. The Labute approximate surface area is 184 Å². The molecule has 11 heteroatoms. The maximum atomic E-state index is 13.1. The van der Waals surface area contributed by atoms with Crippen molar-refractivity contribution in [3.05, 3.63) is 66.7 Å². The average Bonchev–Trinajstić information content (AvgIpc) is 3.50. The lowest BCUT2D eigenvalue weighted by Gasteiger charge is -2.35. The monoisotopic (exact) mass is 430 g/mol. The number of carbonyl (C=O) groups excluding carboxylic acids is 1. The Kier molecular flexibility index (Phi) is 5.06. The molecule has 4 aromatic rings. The smallest absolute Gasteiger partial charge is 0.272 e. The first-order valence-electron chi connectivity index (χ1n) is 10.3. The number of rotatable bonds is 4. The molecule has 162 valence electrons. The molecule has 0 saturated carbocycles. The maximum Gasteiger partial charge on any atom is 0.272 e. The van der Waals surface area contributed by atoms with Crippen molar-refractivity contribution in [3.63, 3.8) is 0 Å². The Morgan fingerprint density at radius 3 is 2.41 bits per heavy atom. The Balaban J connectivity index is 1.29. The fourth-order valence-corrected chi connectivity index (χ4v) is 3.75. The van der Waals surface area contributed by atoms with Crippen molar-refractivity contribution in [2.45, 2.75) is 13.8 Å². The van der Waals surface area contributed by atoms with Crippen molar-refractivity contribution < 1.29 is 4.79 Å². The van der Waals surface area contributed by atoms with Gasteiger partial charge >= 0.3 is 0 Å². The third kappa shape index (κ3) is 3.80. The molecule has 32 heavy (non-hydrogen) atoms. The molecule has 11 nitrogen and oxygen atoms in total. The van der Waals surface area contributed by atoms with Crippen LogP contribution in [0.4, 0.5) is 5.82 Å². The van der Waals surface area contributed by atoms with E-state index in [-0.39, 0.29) is 5.91 Å². The summed E-state index contributed by atoms with van der Waals surface area (Å²) in [7, 11) is 0. The zero-order chi connectivity index (χ0) is 22.1. The van der Waals surface area contributed by atoms with Gasteiger partial charge in [-0.2, -0.15) is 5.10 Å². The van der Waals surface area contributed by atoms with Gasteiger partial charge in [0.15, 0.2) is 5.82 Å². The molecule has 1 aliphatic heterocycles. The van der Waals surface area contributed by atoms with Gasteiger partial charge in [-0.1, -0.05) is 0 Å². The third-order valence-electron chi connectivity index (χ3n) is 5.38. The SMILES string of the molecule is Cc1nc(C(=O)N2CCN(c3cc(-n4ccnc4C)ncn3)CC2)cc(-n2cccn2)n1. The van der Waals surface area contributed by atoms with Crippen LogP contribution in [-0.4, -0.2) is 76.3 Å². The van der Waals surface area contributed by atoms with Crippen molar-refractivity contribution in [3.8, 4) is 11.6 Å². The largest absolute Gasteiger partial charge is 0.353 e. The third-order valence-corrected chi connectivity index (χ3v) is 5.38. The van der Waals surface area contributed by atoms with Gasteiger partial charge in [0.1, 0.15) is 35.3 Å². The van der Waals surface area contributed by atoms with E-state index in [2.05, 4.69) is 34.9 Å². The molecule has 0 unspecified atom stereocenters. The van der Waals surface area contributed by atoms with Crippen LogP contribution in [0.5, 0.6) is 0 Å². The number of aryl methyl sites for hydroxylation is 2. The van der Waals surface area contributed by atoms with Crippen molar-refractivity contribution in [1.82, 2.24) is 44.2 Å². The Hall–Kier alpha value is -4.15. The Morgan fingerprint density at radius 1 is 0.875 bits per heavy atom. The van der Waals surface area contributed by atoms with Crippen LogP contribution >= 0.6 is 0 Å². The number of imidazole rings is 1. The summed E-state index contributed by atoms with van der Waals surface area (Å²) in [5.41, 5.74) is 0.372. The Bertz CT molecular complexity index is 1240. The van der Waals surface area contributed by atoms with Crippen molar-refractivity contribution in [2.24, 2.45) is 0 Å². The van der Waals surface area contributed by atoms with E-state index in [4.69, 9.17) is 0 Å². The van der Waals surface area contributed by atoms with Gasteiger partial charge in [0, 0.05) is 63.1 Å². The van der Waals surface area contributed by atoms with Crippen LogP contribution in [0.15, 0.2) is 49.3 Å². The molecule has 0 spiro atoms. The predicted molar refractivity (Wildman–Crippen MR) is 116 cm³/mol. The van der Waals surface area contributed by atoms with E-state index >= 15 is 0 Å². The summed E-state index contributed by atoms with van der Waals surface area (Å²) in [6, 6.07) is 5.43. The zero-order valence-electron chi connectivity index (χ0n) is 17.8. The number of amides is 1. The fraction of sp³-hybridized carbons (Fsp3) is 0.286. The minimum Gasteiger partial charge on any atom is -0.353 e. The molecule has 0 radical (unpaired) electrons. The average molecular weight is 430 g/mol. The number of piperazine rings is 1. The van der Waals surface area contributed by atoms with Crippen molar-refractivity contribution in [1.29, 1.82) is 0 Å². The highest BCUT2D eigenvalue weighted by molar-refractivity contribution is 5.92. The Morgan fingerprint density at radius 2 is 1.69 bits per heavy atom. The van der Waals surface area contributed by atoms with Gasteiger partial charge in [-0.25, -0.2) is 29.6 Å². The highest BCUT2D eigenvalue weighted by Gasteiger charge is 2.25. The van der Waals surface area contributed by atoms with E-state index in [1.54, 1.807) is 42.6 Å². The van der Waals surface area contributed by atoms with E-state index in [0.29, 0.717) is 43.5 Å². The number of hydrogen-bond acceptors (Lipinski definition) is 8. The molecule has 0 bridgehead atoms. The van der Waals surface area contributed by atoms with Crippen LogP contribution in [0.1, 0.15) is 22.1 Å². The highest BCUT2D eigenvalue weighted by Crippen LogP contribution is 2.18. The summed E-state index contributed by atoms with van der Waals surface area (Å²) in [5, 5.41) is 4.19. The van der Waals surface area contributed by atoms with Gasteiger partial charge in [-0.15, -0.1) is 0 Å². The molecule has 5 rings (SSSR count). The summed E-state index contributed by atoms with van der Waals surface area (Å²) in [5.74, 6) is 3.46. The minimum absolute atomic E-state index is 0.110. The quantitative estimate of drug-likeness (QED) is 0.475. The summed E-state index contributed by atoms with van der Waals surface area (Å²) >= 11 is 0. The standard InChI is InChI=1S/C21H22N10O/c1-15-26-17(12-20(27-15)31-6-3-4-25-31)21(32)29-10-8-28(9-11-29)18-13-19(24-14-23-18)30-7-5-22-16(30)2/h3-7,12-14H,8-11H2,1-2H3. The van der Waals surface area contributed by atoms with Gasteiger partial charge in [0.25, 0.3) is 5.91 Å². The normalized spacial score (nSPS) is 14.1. The second kappa shape index (κ2) is 8.17. The summed E-state index contributed by atoms with van der Waals surface area (Å²) in [6.07, 6.45) is 8.64. The molecule has 1 fully saturated rings. The van der Waals surface area contributed by atoms with E-state index in [1.807, 2.05) is 34.7 Å². The first-order chi connectivity index (χ1) is 15.6. The van der Waals surface area contributed by atoms with Crippen LogP contribution < -0.4 is 4.90 Å². The molecule has 1 aliphatic rings. The minimum atomic E-state index is -0.110. The number of nitrogens with zero attached hydrogens (tertiary/aromatic N) is 10. The van der Waals surface area contributed by atoms with E-state index in [0.717, 1.165) is 17.5 Å². The first kappa shape index (κ1) is 19.8. The molecule has 1 amide bonds. The van der Waals surface area contributed by atoms with Gasteiger partial charge in [0.2, 0.25) is 0 Å². The fourth-order valence-electron chi connectivity index (χ4n) is 3.75. The maximum absolute atomic E-state index is 13.1. The van der Waals surface area contributed by atoms with Crippen molar-refractivity contribution in [2.75, 3.05) is 31.1 Å². The van der Waals surface area contributed by atoms with Crippen LogP contribution in [0, 0.1) is 13.8 Å². The first-order valence-corrected chi connectivity index (χ1v) is 10.3. The lowest BCUT2D eigenvalue weighted by atomic mass is 10.2. The topological polar surface area (TPSA) is 111 Å². The molecule has 0 atom stereocenters. The van der Waals surface area contributed by atoms with Crippen LogP contribution in [0.3, 0.4) is 0 Å². The van der Waals surface area contributed by atoms with Gasteiger partial charge in [-0.05, 0) is 19.9 Å². The summed E-state index contributed by atoms with van der Waals surface area (Å²) in [4.78, 5) is 38.9. The molecular formula is C21H22N10O. The summed E-state index contributed by atoms with van der Waals surface area (Å²) < 4.78 is 3.54. The van der Waals surface area contributed by atoms with Crippen LogP contribution in [-0.2, 0) is 0 Å². The van der Waals surface area contributed by atoms with Gasteiger partial charge in [-0.3, -0.25) is 9.36 Å². The molecule has 0 aromatic carbocycles. The van der Waals surface area contributed by atoms with E-state index in [9.17, 15) is 4.79 Å². The highest BCUT2D eigenvalue weighted by atomic mass is 16.2. The van der Waals surface area contributed by atoms with Gasteiger partial charge in [0.05, 0.1) is 0 Å². The number of aromatic nitrogens is 8. The second-order valence-electron chi connectivity index (χ2n) is 7.47. The summed E-state index contributed by atoms with van der Waals surface area (Å²) in [6.45, 7) is 6.18. The van der Waals surface area contributed by atoms with Crippen molar-refractivity contribution >= 4 is 11.7 Å². The van der Waals surface area contributed by atoms with Crippen LogP contribution in [0.2, 0.25) is 0 Å². The van der Waals surface area contributed by atoms with Gasteiger partial charge < -0.3 is 9.80 Å². The number of hydrogen-bond donors (Lipinski definition) is 0. The van der Waals surface area contributed by atoms with Crippen LogP contribution in [0.25, 0.3) is 11.6 Å². The number of carbonyl (C=O) groups is 1. The molecule has 0 N–H and O–H groups in total. The molecular weight excluding hydrogens is 408 g/mol. The molecule has 1 saturated heterocycles. The molecule has 4 aromatic heterocycles. The second-order valence-corrected chi connectivity index (χ2v) is 7.47. The lowest BCUT2D eigenvalue weighted by Crippen LogP contribution is -2.49. The van der Waals surface area contributed by atoms with E-state index in [1.165, 1.54) is 0 Å².